The van der Waals surface area contributed by atoms with Crippen molar-refractivity contribution in [3.05, 3.63) is 21.9 Å². The lowest BCUT2D eigenvalue weighted by molar-refractivity contribution is -0.136. The minimum atomic E-state index is -0.927. The zero-order chi connectivity index (χ0) is 10.2. The van der Waals surface area contributed by atoms with Crippen molar-refractivity contribution in [2.45, 2.75) is 13.3 Å². The van der Waals surface area contributed by atoms with Gasteiger partial charge in [0.15, 0.2) is 0 Å². The van der Waals surface area contributed by atoms with Gasteiger partial charge in [0.1, 0.15) is 0 Å². The van der Waals surface area contributed by atoms with Gasteiger partial charge in [-0.15, -0.1) is 0 Å². The normalized spacial score (nSPS) is 10.4. The average Bonchev–Trinajstić information content (AvgIpc) is 2.22. The average molecular weight is 184 g/mol. The lowest BCUT2D eigenvalue weighted by Crippen LogP contribution is -2.21. The van der Waals surface area contributed by atoms with E-state index < -0.39 is 5.97 Å². The summed E-state index contributed by atoms with van der Waals surface area (Å²) in [6.45, 7) is 1.74. The van der Waals surface area contributed by atoms with Gasteiger partial charge in [-0.3, -0.25) is 13.9 Å². The van der Waals surface area contributed by atoms with Crippen molar-refractivity contribution in [1.29, 1.82) is 0 Å². The molecule has 0 atom stereocenters. The van der Waals surface area contributed by atoms with Crippen LogP contribution in [0.5, 0.6) is 0 Å². The van der Waals surface area contributed by atoms with Crippen LogP contribution in [0.3, 0.4) is 0 Å². The van der Waals surface area contributed by atoms with E-state index in [2.05, 4.69) is 0 Å². The summed E-state index contributed by atoms with van der Waals surface area (Å²) >= 11 is 0. The van der Waals surface area contributed by atoms with Crippen LogP contribution in [0.4, 0.5) is 0 Å². The molecule has 72 valence electrons. The number of imidazole rings is 1. The molecule has 1 heterocycles. The van der Waals surface area contributed by atoms with Crippen molar-refractivity contribution in [3.63, 3.8) is 0 Å². The van der Waals surface area contributed by atoms with E-state index in [1.54, 1.807) is 21.0 Å². The molecule has 1 aromatic rings. The number of aromatic nitrogens is 2. The quantitative estimate of drug-likeness (QED) is 0.683. The Morgan fingerprint density at radius 2 is 1.92 bits per heavy atom. The van der Waals surface area contributed by atoms with E-state index in [9.17, 15) is 9.59 Å². The van der Waals surface area contributed by atoms with E-state index in [-0.39, 0.29) is 12.1 Å². The molecule has 5 heteroatoms. The van der Waals surface area contributed by atoms with Gasteiger partial charge < -0.3 is 5.11 Å². The van der Waals surface area contributed by atoms with Crippen molar-refractivity contribution < 1.29 is 9.90 Å². The lowest BCUT2D eigenvalue weighted by atomic mass is 10.2. The van der Waals surface area contributed by atoms with Crippen LogP contribution >= 0.6 is 0 Å². The summed E-state index contributed by atoms with van der Waals surface area (Å²) in [5.74, 6) is -0.927. The molecular weight excluding hydrogens is 172 g/mol. The predicted octanol–water partition coefficient (Wildman–Crippen LogP) is -0.341. The Balaban J connectivity index is 3.29. The highest BCUT2D eigenvalue weighted by Crippen LogP contribution is 2.04. The van der Waals surface area contributed by atoms with Crippen LogP contribution in [-0.2, 0) is 25.3 Å². The summed E-state index contributed by atoms with van der Waals surface area (Å²) in [6.07, 6.45) is -0.113. The summed E-state index contributed by atoms with van der Waals surface area (Å²) in [5, 5.41) is 8.59. The standard InChI is InChI=1S/C8H12N2O3/c1-5-6(4-7(11)12)10(3)8(13)9(5)2/h4H2,1-3H3,(H,11,12). The van der Waals surface area contributed by atoms with Crippen LogP contribution in [0.1, 0.15) is 11.4 Å². The van der Waals surface area contributed by atoms with Crippen LogP contribution in [0.25, 0.3) is 0 Å². The van der Waals surface area contributed by atoms with Crippen molar-refractivity contribution >= 4 is 5.97 Å². The SMILES string of the molecule is Cc1c(CC(=O)O)n(C)c(=O)n1C. The molecule has 5 nitrogen and oxygen atoms in total. The molecule has 1 rings (SSSR count). The summed E-state index contributed by atoms with van der Waals surface area (Å²) in [5.41, 5.74) is 1.07. The van der Waals surface area contributed by atoms with Gasteiger partial charge in [-0.25, -0.2) is 4.79 Å². The third-order valence-corrected chi connectivity index (χ3v) is 2.22. The fraction of sp³-hybridized carbons (Fsp3) is 0.500. The molecule has 0 amide bonds. The summed E-state index contributed by atoms with van der Waals surface area (Å²) < 4.78 is 2.81. The third kappa shape index (κ3) is 1.49. The van der Waals surface area contributed by atoms with Crippen molar-refractivity contribution in [1.82, 2.24) is 9.13 Å². The molecule has 0 saturated heterocycles. The zero-order valence-corrected chi connectivity index (χ0v) is 7.87. The zero-order valence-electron chi connectivity index (χ0n) is 7.87. The predicted molar refractivity (Wildman–Crippen MR) is 46.7 cm³/mol. The van der Waals surface area contributed by atoms with Crippen LogP contribution in [0.15, 0.2) is 4.79 Å². The van der Waals surface area contributed by atoms with Crippen molar-refractivity contribution in [2.24, 2.45) is 14.1 Å². The Hall–Kier alpha value is -1.52. The fourth-order valence-electron chi connectivity index (χ4n) is 1.31. The number of carbonyl (C=O) groups is 1. The van der Waals surface area contributed by atoms with Gasteiger partial charge in [-0.1, -0.05) is 0 Å². The Labute approximate surface area is 75.2 Å². The fourth-order valence-corrected chi connectivity index (χ4v) is 1.31. The first-order valence-corrected chi connectivity index (χ1v) is 3.88. The molecule has 0 saturated carbocycles. The van der Waals surface area contributed by atoms with Gasteiger partial charge in [-0.05, 0) is 6.92 Å². The lowest BCUT2D eigenvalue weighted by Gasteiger charge is -1.98. The van der Waals surface area contributed by atoms with E-state index in [0.29, 0.717) is 11.4 Å². The Bertz CT molecular complexity index is 400. The molecule has 0 fully saturated rings. The molecule has 1 aromatic heterocycles. The molecule has 0 bridgehead atoms. The number of hydrogen-bond donors (Lipinski definition) is 1. The highest BCUT2D eigenvalue weighted by atomic mass is 16.4. The highest BCUT2D eigenvalue weighted by Gasteiger charge is 2.13. The third-order valence-electron chi connectivity index (χ3n) is 2.22. The van der Waals surface area contributed by atoms with Gasteiger partial charge in [0.2, 0.25) is 0 Å². The maximum Gasteiger partial charge on any atom is 0.328 e. The first-order chi connectivity index (χ1) is 5.95. The number of hydrogen-bond acceptors (Lipinski definition) is 2. The van der Waals surface area contributed by atoms with E-state index >= 15 is 0 Å². The molecule has 0 unspecified atom stereocenters. The van der Waals surface area contributed by atoms with Gasteiger partial charge >= 0.3 is 11.7 Å². The monoisotopic (exact) mass is 184 g/mol. The summed E-state index contributed by atoms with van der Waals surface area (Å²) in [4.78, 5) is 21.8. The number of carboxylic acids is 1. The molecule has 0 aliphatic rings. The number of aliphatic carboxylic acids is 1. The van der Waals surface area contributed by atoms with Crippen molar-refractivity contribution in [2.75, 3.05) is 0 Å². The van der Waals surface area contributed by atoms with Gasteiger partial charge in [-0.2, -0.15) is 0 Å². The van der Waals surface area contributed by atoms with Gasteiger partial charge in [0.25, 0.3) is 0 Å². The minimum absolute atomic E-state index is 0.113. The Morgan fingerprint density at radius 3 is 2.23 bits per heavy atom. The number of carboxylic acid groups (broad SMARTS) is 1. The Kier molecular flexibility index (Phi) is 2.27. The molecule has 0 aliphatic carbocycles. The second-order valence-corrected chi connectivity index (χ2v) is 3.00. The highest BCUT2D eigenvalue weighted by molar-refractivity contribution is 5.69. The summed E-state index contributed by atoms with van der Waals surface area (Å²) in [7, 11) is 3.20. The maximum atomic E-state index is 11.3. The molecule has 0 aliphatic heterocycles. The summed E-state index contributed by atoms with van der Waals surface area (Å²) in [6, 6.07) is 0. The van der Waals surface area contributed by atoms with Gasteiger partial charge in [0, 0.05) is 19.8 Å². The number of rotatable bonds is 2. The molecule has 0 spiro atoms. The largest absolute Gasteiger partial charge is 0.481 e. The van der Waals surface area contributed by atoms with Crippen LogP contribution in [-0.4, -0.2) is 20.2 Å². The minimum Gasteiger partial charge on any atom is -0.481 e. The molecule has 0 aromatic carbocycles. The first kappa shape index (κ1) is 9.57. The topological polar surface area (TPSA) is 64.2 Å². The van der Waals surface area contributed by atoms with Crippen molar-refractivity contribution in [3.8, 4) is 0 Å². The second kappa shape index (κ2) is 3.08. The van der Waals surface area contributed by atoms with E-state index in [1.165, 1.54) is 9.13 Å². The van der Waals surface area contributed by atoms with E-state index in [1.807, 2.05) is 0 Å². The van der Waals surface area contributed by atoms with E-state index in [0.717, 1.165) is 0 Å². The molecule has 0 radical (unpaired) electrons. The van der Waals surface area contributed by atoms with Gasteiger partial charge in [0.05, 0.1) is 12.1 Å². The van der Waals surface area contributed by atoms with Crippen LogP contribution in [0.2, 0.25) is 0 Å². The van der Waals surface area contributed by atoms with Crippen LogP contribution < -0.4 is 5.69 Å². The smallest absolute Gasteiger partial charge is 0.328 e. The maximum absolute atomic E-state index is 11.3. The second-order valence-electron chi connectivity index (χ2n) is 3.00. The van der Waals surface area contributed by atoms with Crippen LogP contribution in [0, 0.1) is 6.92 Å². The molecule has 13 heavy (non-hydrogen) atoms. The molecular formula is C8H12N2O3. The first-order valence-electron chi connectivity index (χ1n) is 3.88. The molecule has 1 N–H and O–H groups in total. The van der Waals surface area contributed by atoms with E-state index in [4.69, 9.17) is 5.11 Å². The number of nitrogens with zero attached hydrogens (tertiary/aromatic N) is 2. The Morgan fingerprint density at radius 1 is 1.38 bits per heavy atom.